The van der Waals surface area contributed by atoms with E-state index in [4.69, 9.17) is 11.6 Å². The number of carbonyl (C=O) groups excluding carboxylic acids is 1. The molecule has 1 aromatic heterocycles. The molecule has 21 heavy (non-hydrogen) atoms. The predicted molar refractivity (Wildman–Crippen MR) is 85.7 cm³/mol. The van der Waals surface area contributed by atoms with Crippen LogP contribution in [0.3, 0.4) is 0 Å². The lowest BCUT2D eigenvalue weighted by Crippen LogP contribution is -2.29. The Balaban J connectivity index is 1.91. The average molecular weight is 303 g/mol. The number of aromatic nitrogens is 1. The number of benzene rings is 1. The number of carbonyl (C=O) groups is 1. The Bertz CT molecular complexity index is 671. The van der Waals surface area contributed by atoms with Gasteiger partial charge >= 0.3 is 0 Å². The molecule has 2 aromatic rings. The standard InChI is InChI=1S/C17H19ClN2O/c1-2-5-12-8-9-20(11-12)17(21)15-10-19-16(18)14-7-4-3-6-13(14)15/h3-4,6-7,10,12H,2,5,8-9,11H2,1H3. The maximum Gasteiger partial charge on any atom is 0.256 e. The minimum absolute atomic E-state index is 0.0777. The van der Waals surface area contributed by atoms with Crippen LogP contribution in [0.4, 0.5) is 0 Å². The Morgan fingerprint density at radius 1 is 1.38 bits per heavy atom. The molecule has 4 heteroatoms. The molecule has 0 N–H and O–H groups in total. The smallest absolute Gasteiger partial charge is 0.256 e. The first-order chi connectivity index (χ1) is 10.2. The molecule has 0 spiro atoms. The molecule has 0 aliphatic carbocycles. The molecule has 1 aliphatic rings. The third kappa shape index (κ3) is 2.75. The van der Waals surface area contributed by atoms with E-state index >= 15 is 0 Å². The van der Waals surface area contributed by atoms with E-state index in [-0.39, 0.29) is 5.91 Å². The molecule has 1 amide bonds. The summed E-state index contributed by atoms with van der Waals surface area (Å²) >= 11 is 6.12. The van der Waals surface area contributed by atoms with Crippen LogP contribution in [0.1, 0.15) is 36.5 Å². The molecule has 1 saturated heterocycles. The van der Waals surface area contributed by atoms with E-state index in [0.717, 1.165) is 30.3 Å². The maximum absolute atomic E-state index is 12.8. The quantitative estimate of drug-likeness (QED) is 0.798. The first-order valence-electron chi connectivity index (χ1n) is 7.53. The summed E-state index contributed by atoms with van der Waals surface area (Å²) in [6.07, 6.45) is 5.10. The lowest BCUT2D eigenvalue weighted by atomic mass is 10.0. The summed E-state index contributed by atoms with van der Waals surface area (Å²) in [6.45, 7) is 3.91. The van der Waals surface area contributed by atoms with Gasteiger partial charge in [0.2, 0.25) is 0 Å². The fourth-order valence-corrected chi connectivity index (χ4v) is 3.37. The van der Waals surface area contributed by atoms with Crippen LogP contribution in [0.2, 0.25) is 5.15 Å². The first-order valence-corrected chi connectivity index (χ1v) is 7.91. The van der Waals surface area contributed by atoms with Crippen molar-refractivity contribution in [3.8, 4) is 0 Å². The zero-order chi connectivity index (χ0) is 14.8. The first kappa shape index (κ1) is 14.3. The summed E-state index contributed by atoms with van der Waals surface area (Å²) in [7, 11) is 0. The van der Waals surface area contributed by atoms with Gasteiger partial charge in [0.25, 0.3) is 5.91 Å². The zero-order valence-electron chi connectivity index (χ0n) is 12.2. The van der Waals surface area contributed by atoms with Crippen molar-refractivity contribution in [2.24, 2.45) is 5.92 Å². The summed E-state index contributed by atoms with van der Waals surface area (Å²) in [5, 5.41) is 2.18. The molecule has 1 unspecified atom stereocenters. The molecule has 1 aliphatic heterocycles. The van der Waals surface area contributed by atoms with Crippen LogP contribution in [0.15, 0.2) is 30.5 Å². The number of rotatable bonds is 3. The van der Waals surface area contributed by atoms with Crippen LogP contribution in [-0.4, -0.2) is 28.9 Å². The van der Waals surface area contributed by atoms with Crippen molar-refractivity contribution < 1.29 is 4.79 Å². The van der Waals surface area contributed by atoms with E-state index in [1.807, 2.05) is 29.2 Å². The summed E-state index contributed by atoms with van der Waals surface area (Å²) < 4.78 is 0. The van der Waals surface area contributed by atoms with E-state index in [1.165, 1.54) is 12.8 Å². The van der Waals surface area contributed by atoms with Gasteiger partial charge in [0.1, 0.15) is 5.15 Å². The molecule has 3 rings (SSSR count). The van der Waals surface area contributed by atoms with E-state index in [9.17, 15) is 4.79 Å². The molecular weight excluding hydrogens is 284 g/mol. The average Bonchev–Trinajstić information content (AvgIpc) is 2.96. The Morgan fingerprint density at radius 2 is 2.14 bits per heavy atom. The van der Waals surface area contributed by atoms with E-state index in [0.29, 0.717) is 16.6 Å². The summed E-state index contributed by atoms with van der Waals surface area (Å²) in [6, 6.07) is 7.69. The molecular formula is C17H19ClN2O. The number of pyridine rings is 1. The van der Waals surface area contributed by atoms with E-state index < -0.39 is 0 Å². The lowest BCUT2D eigenvalue weighted by molar-refractivity contribution is 0.0788. The third-order valence-electron chi connectivity index (χ3n) is 4.25. The van der Waals surface area contributed by atoms with Crippen LogP contribution in [0.25, 0.3) is 10.8 Å². The second kappa shape index (κ2) is 6.02. The predicted octanol–water partition coefficient (Wildman–Crippen LogP) is 4.15. The molecule has 1 fully saturated rings. The number of amides is 1. The fraction of sp³-hybridized carbons (Fsp3) is 0.412. The number of likely N-dealkylation sites (tertiary alicyclic amines) is 1. The van der Waals surface area contributed by atoms with Gasteiger partial charge in [-0.15, -0.1) is 0 Å². The highest BCUT2D eigenvalue weighted by molar-refractivity contribution is 6.34. The van der Waals surface area contributed by atoms with Gasteiger partial charge in [-0.05, 0) is 24.1 Å². The number of nitrogens with zero attached hydrogens (tertiary/aromatic N) is 2. The normalized spacial score (nSPS) is 18.4. The molecule has 1 atom stereocenters. The van der Waals surface area contributed by atoms with Crippen LogP contribution >= 0.6 is 11.6 Å². The minimum atomic E-state index is 0.0777. The van der Waals surface area contributed by atoms with Crippen molar-refractivity contribution in [3.05, 3.63) is 41.2 Å². The van der Waals surface area contributed by atoms with Gasteiger partial charge in [-0.25, -0.2) is 4.98 Å². The van der Waals surface area contributed by atoms with Gasteiger partial charge in [0.15, 0.2) is 0 Å². The van der Waals surface area contributed by atoms with Gasteiger partial charge in [-0.2, -0.15) is 0 Å². The zero-order valence-corrected chi connectivity index (χ0v) is 12.9. The largest absolute Gasteiger partial charge is 0.338 e. The number of fused-ring (bicyclic) bond motifs is 1. The van der Waals surface area contributed by atoms with Crippen molar-refractivity contribution in [2.75, 3.05) is 13.1 Å². The highest BCUT2D eigenvalue weighted by Crippen LogP contribution is 2.27. The third-order valence-corrected chi connectivity index (χ3v) is 4.55. The number of hydrogen-bond acceptors (Lipinski definition) is 2. The number of hydrogen-bond donors (Lipinski definition) is 0. The molecule has 1 aromatic carbocycles. The van der Waals surface area contributed by atoms with Gasteiger partial charge in [-0.1, -0.05) is 49.2 Å². The van der Waals surface area contributed by atoms with Crippen molar-refractivity contribution >= 4 is 28.3 Å². The van der Waals surface area contributed by atoms with Crippen LogP contribution in [0.5, 0.6) is 0 Å². The molecule has 0 bridgehead atoms. The Kier molecular flexibility index (Phi) is 4.11. The van der Waals surface area contributed by atoms with Crippen LogP contribution in [0, 0.1) is 5.92 Å². The summed E-state index contributed by atoms with van der Waals surface area (Å²) in [5.41, 5.74) is 0.659. The Morgan fingerprint density at radius 3 is 2.90 bits per heavy atom. The molecule has 0 saturated carbocycles. The molecule has 110 valence electrons. The second-order valence-electron chi connectivity index (χ2n) is 5.70. The highest BCUT2D eigenvalue weighted by atomic mass is 35.5. The van der Waals surface area contributed by atoms with Gasteiger partial charge in [0, 0.05) is 24.7 Å². The summed E-state index contributed by atoms with van der Waals surface area (Å²) in [4.78, 5) is 18.9. The molecule has 3 nitrogen and oxygen atoms in total. The van der Waals surface area contributed by atoms with Gasteiger partial charge < -0.3 is 4.90 Å². The van der Waals surface area contributed by atoms with Gasteiger partial charge in [0.05, 0.1) is 5.56 Å². The lowest BCUT2D eigenvalue weighted by Gasteiger charge is -2.17. The second-order valence-corrected chi connectivity index (χ2v) is 6.06. The van der Waals surface area contributed by atoms with Crippen LogP contribution in [-0.2, 0) is 0 Å². The minimum Gasteiger partial charge on any atom is -0.338 e. The van der Waals surface area contributed by atoms with E-state index in [1.54, 1.807) is 6.20 Å². The SMILES string of the molecule is CCCC1CCN(C(=O)c2cnc(Cl)c3ccccc23)C1. The molecule has 0 radical (unpaired) electrons. The van der Waals surface area contributed by atoms with Crippen molar-refractivity contribution in [3.63, 3.8) is 0 Å². The maximum atomic E-state index is 12.8. The topological polar surface area (TPSA) is 33.2 Å². The summed E-state index contributed by atoms with van der Waals surface area (Å²) in [5.74, 6) is 0.722. The van der Waals surface area contributed by atoms with Gasteiger partial charge in [-0.3, -0.25) is 4.79 Å². The Labute approximate surface area is 129 Å². The van der Waals surface area contributed by atoms with Crippen molar-refractivity contribution in [1.29, 1.82) is 0 Å². The fourth-order valence-electron chi connectivity index (χ4n) is 3.16. The van der Waals surface area contributed by atoms with Crippen molar-refractivity contribution in [2.45, 2.75) is 26.2 Å². The number of halogens is 1. The monoisotopic (exact) mass is 302 g/mol. The van der Waals surface area contributed by atoms with Crippen LogP contribution < -0.4 is 0 Å². The Hall–Kier alpha value is -1.61. The molecule has 2 heterocycles. The van der Waals surface area contributed by atoms with Crippen molar-refractivity contribution in [1.82, 2.24) is 9.88 Å². The van der Waals surface area contributed by atoms with E-state index in [2.05, 4.69) is 11.9 Å². The highest BCUT2D eigenvalue weighted by Gasteiger charge is 2.27.